The SMILES string of the molecule is O=C(O)C(F)(F)F.O=C(O)c1ccc(NC(=NCCc2ccccc2)N2CCN(c3ccccc3)CC2)cc1. The maximum absolute atomic E-state index is 11.1. The number of carboxylic acid groups (broad SMARTS) is 2. The molecule has 1 saturated heterocycles. The second-order valence-corrected chi connectivity index (χ2v) is 8.56. The van der Waals surface area contributed by atoms with Gasteiger partial charge in [-0.05, 0) is 48.4 Å². The number of carbonyl (C=O) groups is 2. The predicted molar refractivity (Wildman–Crippen MR) is 143 cm³/mol. The van der Waals surface area contributed by atoms with Crippen molar-refractivity contribution in [2.24, 2.45) is 4.99 Å². The smallest absolute Gasteiger partial charge is 0.478 e. The quantitative estimate of drug-likeness (QED) is 0.302. The molecule has 1 fully saturated rings. The van der Waals surface area contributed by atoms with Crippen LogP contribution in [0.1, 0.15) is 15.9 Å². The van der Waals surface area contributed by atoms with E-state index in [9.17, 15) is 18.0 Å². The molecule has 3 N–H and O–H groups in total. The van der Waals surface area contributed by atoms with Gasteiger partial charge in [0.15, 0.2) is 5.96 Å². The number of piperazine rings is 1. The molecule has 3 aromatic rings. The summed E-state index contributed by atoms with van der Waals surface area (Å²) in [4.78, 5) is 29.6. The summed E-state index contributed by atoms with van der Waals surface area (Å²) in [6.07, 6.45) is -4.21. The summed E-state index contributed by atoms with van der Waals surface area (Å²) in [7, 11) is 0. The average molecular weight is 543 g/mol. The highest BCUT2D eigenvalue weighted by molar-refractivity contribution is 5.95. The third kappa shape index (κ3) is 9.37. The molecule has 0 saturated carbocycles. The lowest BCUT2D eigenvalue weighted by Gasteiger charge is -2.37. The van der Waals surface area contributed by atoms with Crippen LogP contribution in [0.15, 0.2) is 89.9 Å². The molecule has 0 atom stereocenters. The number of rotatable bonds is 6. The van der Waals surface area contributed by atoms with Crippen molar-refractivity contribution >= 4 is 29.3 Å². The normalized spacial score (nSPS) is 13.8. The maximum atomic E-state index is 11.1. The molecular formula is C28H29F3N4O4. The summed E-state index contributed by atoms with van der Waals surface area (Å²) in [6, 6.07) is 27.6. The number of hydrogen-bond donors (Lipinski definition) is 3. The lowest BCUT2D eigenvalue weighted by Crippen LogP contribution is -2.50. The Morgan fingerprint density at radius 2 is 1.36 bits per heavy atom. The van der Waals surface area contributed by atoms with Gasteiger partial charge in [0.05, 0.1) is 5.56 Å². The minimum atomic E-state index is -5.08. The predicted octanol–water partition coefficient (Wildman–Crippen LogP) is 4.85. The van der Waals surface area contributed by atoms with Gasteiger partial charge in [0.1, 0.15) is 0 Å². The molecule has 1 heterocycles. The van der Waals surface area contributed by atoms with Crippen LogP contribution in [-0.2, 0) is 11.2 Å². The fourth-order valence-corrected chi connectivity index (χ4v) is 3.79. The zero-order valence-electron chi connectivity index (χ0n) is 21.0. The van der Waals surface area contributed by atoms with Gasteiger partial charge in [-0.2, -0.15) is 13.2 Å². The van der Waals surface area contributed by atoms with E-state index >= 15 is 0 Å². The number of alkyl halides is 3. The fourth-order valence-electron chi connectivity index (χ4n) is 3.79. The Morgan fingerprint density at radius 1 is 0.821 bits per heavy atom. The number of hydrogen-bond acceptors (Lipinski definition) is 4. The standard InChI is InChI=1S/C26H28N4O2.C2HF3O2/c31-25(32)22-11-13-23(14-12-22)28-26(27-16-15-21-7-3-1-4-8-21)30-19-17-29(18-20-30)24-9-5-2-6-10-24;3-2(4,5)1(6)7/h1-14H,15-20H2,(H,27,28)(H,31,32);(H,6,7). The summed E-state index contributed by atoms with van der Waals surface area (Å²) < 4.78 is 31.7. The third-order valence-electron chi connectivity index (χ3n) is 5.84. The number of aliphatic carboxylic acids is 1. The molecule has 0 unspecified atom stereocenters. The van der Waals surface area contributed by atoms with Gasteiger partial charge in [-0.25, -0.2) is 9.59 Å². The molecule has 4 rings (SSSR count). The Balaban J connectivity index is 0.000000532. The molecule has 3 aromatic carbocycles. The number of nitrogens with one attached hydrogen (secondary N) is 1. The molecule has 1 aliphatic rings. The van der Waals surface area contributed by atoms with E-state index in [-0.39, 0.29) is 5.56 Å². The Hall–Kier alpha value is -4.54. The number of halogens is 3. The number of aromatic carboxylic acids is 1. The monoisotopic (exact) mass is 542 g/mol. The van der Waals surface area contributed by atoms with Gasteiger partial charge in [-0.3, -0.25) is 4.99 Å². The molecule has 0 aromatic heterocycles. The van der Waals surface area contributed by atoms with Crippen LogP contribution in [0.3, 0.4) is 0 Å². The minimum absolute atomic E-state index is 0.273. The van der Waals surface area contributed by atoms with Crippen LogP contribution >= 0.6 is 0 Å². The van der Waals surface area contributed by atoms with Crippen LogP contribution in [0, 0.1) is 0 Å². The van der Waals surface area contributed by atoms with Crippen molar-refractivity contribution in [1.82, 2.24) is 4.90 Å². The lowest BCUT2D eigenvalue weighted by atomic mass is 10.2. The number of para-hydroxylation sites is 1. The van der Waals surface area contributed by atoms with Crippen LogP contribution in [-0.4, -0.2) is 71.9 Å². The molecule has 39 heavy (non-hydrogen) atoms. The van der Waals surface area contributed by atoms with Crippen LogP contribution in [0.25, 0.3) is 0 Å². The molecule has 0 amide bonds. The second kappa shape index (κ2) is 13.8. The molecule has 11 heteroatoms. The number of guanidine groups is 1. The molecule has 0 radical (unpaired) electrons. The average Bonchev–Trinajstić information content (AvgIpc) is 2.94. The first-order valence-corrected chi connectivity index (χ1v) is 12.2. The summed E-state index contributed by atoms with van der Waals surface area (Å²) in [5.74, 6) is -2.85. The van der Waals surface area contributed by atoms with Crippen molar-refractivity contribution in [1.29, 1.82) is 0 Å². The minimum Gasteiger partial charge on any atom is -0.478 e. The number of carboxylic acids is 2. The van der Waals surface area contributed by atoms with Crippen molar-refractivity contribution in [2.45, 2.75) is 12.6 Å². The van der Waals surface area contributed by atoms with Gasteiger partial charge < -0.3 is 25.3 Å². The topological polar surface area (TPSA) is 105 Å². The Kier molecular flexibility index (Phi) is 10.3. The van der Waals surface area contributed by atoms with Crippen LogP contribution in [0.4, 0.5) is 24.5 Å². The molecule has 0 aliphatic carbocycles. The van der Waals surface area contributed by atoms with Crippen molar-refractivity contribution in [3.63, 3.8) is 0 Å². The number of benzene rings is 3. The summed E-state index contributed by atoms with van der Waals surface area (Å²) >= 11 is 0. The molecule has 206 valence electrons. The van der Waals surface area contributed by atoms with Crippen LogP contribution < -0.4 is 10.2 Å². The Bertz CT molecular complexity index is 1230. The molecule has 0 spiro atoms. The van der Waals surface area contributed by atoms with E-state index < -0.39 is 18.1 Å². The zero-order valence-corrected chi connectivity index (χ0v) is 21.0. The van der Waals surface area contributed by atoms with E-state index in [0.29, 0.717) is 6.54 Å². The van der Waals surface area contributed by atoms with E-state index in [1.807, 2.05) is 24.3 Å². The zero-order chi connectivity index (χ0) is 28.3. The van der Waals surface area contributed by atoms with Gasteiger partial charge in [0.25, 0.3) is 0 Å². The van der Waals surface area contributed by atoms with E-state index in [4.69, 9.17) is 20.0 Å². The van der Waals surface area contributed by atoms with Crippen LogP contribution in [0.2, 0.25) is 0 Å². The molecular weight excluding hydrogens is 513 g/mol. The number of anilines is 2. The van der Waals surface area contributed by atoms with E-state index in [2.05, 4.69) is 51.5 Å². The van der Waals surface area contributed by atoms with Crippen LogP contribution in [0.5, 0.6) is 0 Å². The first-order valence-electron chi connectivity index (χ1n) is 12.2. The van der Waals surface area contributed by atoms with E-state index in [0.717, 1.165) is 44.2 Å². The highest BCUT2D eigenvalue weighted by Crippen LogP contribution is 2.17. The van der Waals surface area contributed by atoms with Gasteiger partial charge in [-0.1, -0.05) is 48.5 Å². The summed E-state index contributed by atoms with van der Waals surface area (Å²) in [5, 5.41) is 19.7. The van der Waals surface area contributed by atoms with Gasteiger partial charge in [-0.15, -0.1) is 0 Å². The third-order valence-corrected chi connectivity index (χ3v) is 5.84. The van der Waals surface area contributed by atoms with Crippen molar-refractivity contribution < 1.29 is 33.0 Å². The van der Waals surface area contributed by atoms with Crippen molar-refractivity contribution in [3.8, 4) is 0 Å². The molecule has 1 aliphatic heterocycles. The van der Waals surface area contributed by atoms with E-state index in [1.54, 1.807) is 24.3 Å². The van der Waals surface area contributed by atoms with Crippen molar-refractivity contribution in [2.75, 3.05) is 42.9 Å². The fraction of sp³-hybridized carbons (Fsp3) is 0.250. The summed E-state index contributed by atoms with van der Waals surface area (Å²) in [6.45, 7) is 4.24. The van der Waals surface area contributed by atoms with Gasteiger partial charge >= 0.3 is 18.1 Å². The highest BCUT2D eigenvalue weighted by Gasteiger charge is 2.38. The first kappa shape index (κ1) is 29.0. The second-order valence-electron chi connectivity index (χ2n) is 8.56. The highest BCUT2D eigenvalue weighted by atomic mass is 19.4. The van der Waals surface area contributed by atoms with Gasteiger partial charge in [0.2, 0.25) is 0 Å². The molecule has 8 nitrogen and oxygen atoms in total. The Morgan fingerprint density at radius 3 is 1.87 bits per heavy atom. The number of aliphatic imine (C=N–C) groups is 1. The van der Waals surface area contributed by atoms with Gasteiger partial charge in [0, 0.05) is 44.1 Å². The first-order chi connectivity index (χ1) is 18.6. The van der Waals surface area contributed by atoms with Crippen molar-refractivity contribution in [3.05, 3.63) is 96.1 Å². The lowest BCUT2D eigenvalue weighted by molar-refractivity contribution is -0.192. The maximum Gasteiger partial charge on any atom is 0.490 e. The number of nitrogens with zero attached hydrogens (tertiary/aromatic N) is 3. The Labute approximate surface area is 224 Å². The van der Waals surface area contributed by atoms with E-state index in [1.165, 1.54) is 11.3 Å². The molecule has 0 bridgehead atoms. The largest absolute Gasteiger partial charge is 0.490 e. The summed E-state index contributed by atoms with van der Waals surface area (Å²) in [5.41, 5.74) is 3.61.